The molecule has 15 heteroatoms. The Hall–Kier alpha value is -3.07. The number of likely N-dealkylation sites (tertiary alicyclic amines) is 1. The molecule has 3 rings (SSSR count). The van der Waals surface area contributed by atoms with Gasteiger partial charge in [-0.2, -0.15) is 13.2 Å². The van der Waals surface area contributed by atoms with Crippen LogP contribution in [0, 0.1) is 0 Å². The van der Waals surface area contributed by atoms with Crippen LogP contribution in [0.3, 0.4) is 0 Å². The number of piperidine rings is 1. The zero-order chi connectivity index (χ0) is 27.6. The van der Waals surface area contributed by atoms with Crippen molar-refractivity contribution >= 4 is 21.7 Å². The van der Waals surface area contributed by atoms with Crippen LogP contribution in [0.1, 0.15) is 62.7 Å². The number of hydrogen-bond acceptors (Lipinski definition) is 10. The fraction of sp³-hybridized carbons (Fsp3) is 0.591. The number of amides is 1. The number of nitrogens with one attached hydrogen (secondary N) is 1. The van der Waals surface area contributed by atoms with Crippen molar-refractivity contribution in [1.29, 1.82) is 0 Å². The van der Waals surface area contributed by atoms with Crippen molar-refractivity contribution in [2.45, 2.75) is 62.6 Å². The van der Waals surface area contributed by atoms with Crippen molar-refractivity contribution < 1.29 is 36.2 Å². The summed E-state index contributed by atoms with van der Waals surface area (Å²) >= 11 is 0. The zero-order valence-corrected chi connectivity index (χ0v) is 21.6. The molecule has 0 aromatic carbocycles. The molecule has 0 saturated carbocycles. The molecular weight excluding hydrogens is 517 g/mol. The number of halogens is 3. The Kier molecular flexibility index (Phi) is 8.27. The summed E-state index contributed by atoms with van der Waals surface area (Å²) in [5.74, 6) is -1.78. The number of hydrogen-bond donors (Lipinski definition) is 2. The maximum atomic E-state index is 12.9. The van der Waals surface area contributed by atoms with Gasteiger partial charge in [0.25, 0.3) is 0 Å². The van der Waals surface area contributed by atoms with Gasteiger partial charge in [0.1, 0.15) is 11.4 Å². The second-order valence-corrected chi connectivity index (χ2v) is 11.6. The number of carbonyl (C=O) groups excluding carboxylic acids is 1. The summed E-state index contributed by atoms with van der Waals surface area (Å²) in [6.07, 6.45) is -2.53. The number of carbonyl (C=O) groups is 1. The van der Waals surface area contributed by atoms with Crippen LogP contribution in [0.2, 0.25) is 0 Å². The predicted molar refractivity (Wildman–Crippen MR) is 125 cm³/mol. The standard InChI is InChI=1S/C22H29F3N6O5S/c1-21(2,3)36-20(33)31-9-6-13(7-10-31)17-14(11-28-19(30-17)37(4,34)35)15(32)12-27-16-5-8-26-18(29-16)22(23,24)25/h5,8,11,13,15,32H,6-7,9-10,12H2,1-4H3,(H,26,27,29). The van der Waals surface area contributed by atoms with Gasteiger partial charge in [-0.25, -0.2) is 33.1 Å². The van der Waals surface area contributed by atoms with E-state index in [1.165, 1.54) is 12.3 Å². The Morgan fingerprint density at radius 2 is 1.86 bits per heavy atom. The molecule has 1 unspecified atom stereocenters. The number of aliphatic hydroxyl groups is 1. The second-order valence-electron chi connectivity index (χ2n) is 9.67. The van der Waals surface area contributed by atoms with Crippen LogP contribution in [-0.2, 0) is 20.8 Å². The summed E-state index contributed by atoms with van der Waals surface area (Å²) in [5.41, 5.74) is -0.132. The third-order valence-corrected chi connectivity index (χ3v) is 6.30. The van der Waals surface area contributed by atoms with Crippen molar-refractivity contribution in [2.24, 2.45) is 0 Å². The molecule has 0 aliphatic carbocycles. The number of ether oxygens (including phenoxy) is 1. The maximum absolute atomic E-state index is 12.9. The molecule has 1 fully saturated rings. The fourth-order valence-electron chi connectivity index (χ4n) is 3.72. The van der Waals surface area contributed by atoms with E-state index >= 15 is 0 Å². The number of rotatable bonds is 6. The molecule has 0 bridgehead atoms. The molecule has 1 saturated heterocycles. The monoisotopic (exact) mass is 546 g/mol. The number of aromatic nitrogens is 4. The summed E-state index contributed by atoms with van der Waals surface area (Å²) in [6, 6.07) is 1.22. The van der Waals surface area contributed by atoms with E-state index in [1.807, 2.05) is 0 Å². The van der Waals surface area contributed by atoms with Crippen molar-refractivity contribution in [3.05, 3.63) is 35.5 Å². The molecule has 1 atom stereocenters. The molecule has 37 heavy (non-hydrogen) atoms. The van der Waals surface area contributed by atoms with E-state index in [0.29, 0.717) is 31.6 Å². The van der Waals surface area contributed by atoms with Gasteiger partial charge in [0.15, 0.2) is 0 Å². The van der Waals surface area contributed by atoms with Crippen LogP contribution >= 0.6 is 0 Å². The minimum atomic E-state index is -4.73. The molecule has 2 N–H and O–H groups in total. The number of anilines is 1. The van der Waals surface area contributed by atoms with Crippen LogP contribution in [0.4, 0.5) is 23.8 Å². The lowest BCUT2D eigenvalue weighted by atomic mass is 9.89. The summed E-state index contributed by atoms with van der Waals surface area (Å²) in [4.78, 5) is 28.6. The van der Waals surface area contributed by atoms with Crippen LogP contribution in [0.15, 0.2) is 23.6 Å². The minimum Gasteiger partial charge on any atom is -0.444 e. The van der Waals surface area contributed by atoms with Gasteiger partial charge in [0.2, 0.25) is 20.8 Å². The molecule has 3 heterocycles. The Morgan fingerprint density at radius 3 is 2.43 bits per heavy atom. The van der Waals surface area contributed by atoms with Crippen molar-refractivity contribution in [1.82, 2.24) is 24.8 Å². The molecule has 1 aliphatic rings. The average molecular weight is 547 g/mol. The van der Waals surface area contributed by atoms with Gasteiger partial charge in [-0.1, -0.05) is 0 Å². The Bertz CT molecular complexity index is 1230. The lowest BCUT2D eigenvalue weighted by Gasteiger charge is -2.34. The van der Waals surface area contributed by atoms with Gasteiger partial charge in [-0.05, 0) is 39.7 Å². The first kappa shape index (κ1) is 28.5. The number of aliphatic hydroxyl groups excluding tert-OH is 1. The average Bonchev–Trinajstić information content (AvgIpc) is 2.80. The predicted octanol–water partition coefficient (Wildman–Crippen LogP) is 2.95. The second kappa shape index (κ2) is 10.7. The minimum absolute atomic E-state index is 0.151. The van der Waals surface area contributed by atoms with E-state index in [-0.39, 0.29) is 23.8 Å². The SMILES string of the molecule is CC(C)(C)OC(=O)N1CCC(c2nc(S(C)(=O)=O)ncc2C(O)CNc2ccnc(C(F)(F)F)n2)CC1. The van der Waals surface area contributed by atoms with Crippen LogP contribution in [-0.4, -0.2) is 75.9 Å². The normalized spacial score (nSPS) is 16.4. The zero-order valence-electron chi connectivity index (χ0n) is 20.8. The van der Waals surface area contributed by atoms with Gasteiger partial charge in [0, 0.05) is 49.8 Å². The molecule has 11 nitrogen and oxygen atoms in total. The van der Waals surface area contributed by atoms with Crippen LogP contribution < -0.4 is 5.32 Å². The smallest absolute Gasteiger partial charge is 0.444 e. The van der Waals surface area contributed by atoms with Crippen LogP contribution in [0.5, 0.6) is 0 Å². The van der Waals surface area contributed by atoms with Crippen molar-refractivity contribution in [3.8, 4) is 0 Å². The van der Waals surface area contributed by atoms with Crippen molar-refractivity contribution in [2.75, 3.05) is 31.2 Å². The molecule has 204 valence electrons. The maximum Gasteiger partial charge on any atom is 0.451 e. The summed E-state index contributed by atoms with van der Waals surface area (Å²) in [5, 5.41) is 13.1. The third-order valence-electron chi connectivity index (χ3n) is 5.44. The highest BCUT2D eigenvalue weighted by Gasteiger charge is 2.35. The van der Waals surface area contributed by atoms with Gasteiger partial charge in [-0.15, -0.1) is 0 Å². The molecule has 2 aromatic rings. The summed E-state index contributed by atoms with van der Waals surface area (Å²) in [6.45, 7) is 5.69. The summed E-state index contributed by atoms with van der Waals surface area (Å²) < 4.78 is 68.2. The highest BCUT2D eigenvalue weighted by Crippen LogP contribution is 2.33. The first-order valence-electron chi connectivity index (χ1n) is 11.4. The van der Waals surface area contributed by atoms with Gasteiger partial charge < -0.3 is 20.1 Å². The number of sulfone groups is 1. The van der Waals surface area contributed by atoms with E-state index in [1.54, 1.807) is 25.7 Å². The molecule has 0 spiro atoms. The lowest BCUT2D eigenvalue weighted by Crippen LogP contribution is -2.41. The van der Waals surface area contributed by atoms with Gasteiger partial charge in [0.05, 0.1) is 11.8 Å². The van der Waals surface area contributed by atoms with Gasteiger partial charge in [-0.3, -0.25) is 0 Å². The number of alkyl halides is 3. The summed E-state index contributed by atoms with van der Waals surface area (Å²) in [7, 11) is -3.75. The highest BCUT2D eigenvalue weighted by molar-refractivity contribution is 7.90. The van der Waals surface area contributed by atoms with E-state index in [2.05, 4.69) is 25.3 Å². The number of nitrogens with zero attached hydrogens (tertiary/aromatic N) is 5. The Balaban J connectivity index is 1.79. The molecular formula is C22H29F3N6O5S. The largest absolute Gasteiger partial charge is 0.451 e. The molecule has 2 aromatic heterocycles. The quantitative estimate of drug-likeness (QED) is 0.518. The Morgan fingerprint density at radius 1 is 1.22 bits per heavy atom. The first-order valence-corrected chi connectivity index (χ1v) is 13.3. The van der Waals surface area contributed by atoms with E-state index in [4.69, 9.17) is 4.74 Å². The van der Waals surface area contributed by atoms with E-state index in [0.717, 1.165) is 12.5 Å². The highest BCUT2D eigenvalue weighted by atomic mass is 32.2. The topological polar surface area (TPSA) is 148 Å². The van der Waals surface area contributed by atoms with Crippen molar-refractivity contribution in [3.63, 3.8) is 0 Å². The third kappa shape index (κ3) is 7.71. The first-order chi connectivity index (χ1) is 17.0. The van der Waals surface area contributed by atoms with Gasteiger partial charge >= 0.3 is 12.3 Å². The van der Waals surface area contributed by atoms with E-state index in [9.17, 15) is 31.5 Å². The fourth-order valence-corrected chi connectivity index (χ4v) is 4.23. The van der Waals surface area contributed by atoms with E-state index < -0.39 is 44.8 Å². The molecule has 1 aliphatic heterocycles. The van der Waals surface area contributed by atoms with Crippen LogP contribution in [0.25, 0.3) is 0 Å². The lowest BCUT2D eigenvalue weighted by molar-refractivity contribution is -0.144. The molecule has 1 amide bonds. The Labute approximate surface area is 212 Å². The molecule has 0 radical (unpaired) electrons.